The third-order valence-electron chi connectivity index (χ3n) is 5.11. The highest BCUT2D eigenvalue weighted by atomic mass is 16.7. The maximum atomic E-state index is 12.3. The normalized spacial score (nSPS) is 30.2. The highest BCUT2D eigenvalue weighted by Gasteiger charge is 2.60. The van der Waals surface area contributed by atoms with Gasteiger partial charge in [0.25, 0.3) is 0 Å². The first-order chi connectivity index (χ1) is 11.9. The minimum atomic E-state index is -0.525. The molecular formula is C18H32N4O3. The van der Waals surface area contributed by atoms with Crippen LogP contribution in [0.4, 0.5) is 4.79 Å². The molecule has 4 atom stereocenters. The fourth-order valence-corrected chi connectivity index (χ4v) is 3.96. The number of ether oxygens (including phenoxy) is 1. The molecule has 2 heterocycles. The first-order valence-electron chi connectivity index (χ1n) is 9.77. The summed E-state index contributed by atoms with van der Waals surface area (Å²) >= 11 is 0. The fraction of sp³-hybridized carbons (Fsp3) is 0.944. The van der Waals surface area contributed by atoms with Gasteiger partial charge in [0.2, 0.25) is 0 Å². The molecule has 0 spiro atoms. The number of carbonyl (C=O) groups is 1. The summed E-state index contributed by atoms with van der Waals surface area (Å²) in [6.07, 6.45) is 7.98. The predicted molar refractivity (Wildman–Crippen MR) is 93.9 cm³/mol. The Balaban J connectivity index is 1.47. The number of rotatable bonds is 7. The molecular weight excluding hydrogens is 320 g/mol. The first-order valence-corrected chi connectivity index (χ1v) is 9.77. The standard InChI is InChI=1S/C18H32N4O3/c1-5-6-7-8-9-10-11-21-16-14-12-13(15(16)19-20-21)22(25-14)17(23)24-18(2,3)4/h13-16H,5-12H2,1-4H3/t13-,14+,15+,16-/m1/s1. The number of hydroxylamine groups is 2. The molecule has 7 heteroatoms. The van der Waals surface area contributed by atoms with Gasteiger partial charge in [-0.05, 0) is 27.2 Å². The van der Waals surface area contributed by atoms with E-state index in [1.165, 1.54) is 37.2 Å². The van der Waals surface area contributed by atoms with Gasteiger partial charge in [-0.25, -0.2) is 4.79 Å². The predicted octanol–water partition coefficient (Wildman–Crippen LogP) is 4.09. The van der Waals surface area contributed by atoms with Crippen molar-refractivity contribution >= 4 is 6.09 Å². The first kappa shape index (κ1) is 18.4. The van der Waals surface area contributed by atoms with Crippen LogP contribution in [0.2, 0.25) is 0 Å². The maximum absolute atomic E-state index is 12.3. The molecule has 1 amide bonds. The Hall–Kier alpha value is -1.37. The van der Waals surface area contributed by atoms with E-state index < -0.39 is 11.7 Å². The Morgan fingerprint density at radius 3 is 2.64 bits per heavy atom. The van der Waals surface area contributed by atoms with E-state index in [1.54, 1.807) is 0 Å². The van der Waals surface area contributed by atoms with Crippen molar-refractivity contribution in [2.75, 3.05) is 6.54 Å². The molecule has 0 radical (unpaired) electrons. The van der Waals surface area contributed by atoms with Gasteiger partial charge in [0.1, 0.15) is 23.8 Å². The monoisotopic (exact) mass is 352 g/mol. The lowest BCUT2D eigenvalue weighted by molar-refractivity contribution is -0.188. The smallest absolute Gasteiger partial charge is 0.434 e. The molecule has 0 N–H and O–H groups in total. The second kappa shape index (κ2) is 7.48. The lowest BCUT2D eigenvalue weighted by atomic mass is 10.1. The van der Waals surface area contributed by atoms with Crippen LogP contribution in [-0.2, 0) is 9.57 Å². The topological polar surface area (TPSA) is 66.7 Å². The summed E-state index contributed by atoms with van der Waals surface area (Å²) in [4.78, 5) is 18.2. The average Bonchev–Trinajstić information content (AvgIpc) is 3.20. The Morgan fingerprint density at radius 2 is 1.92 bits per heavy atom. The highest BCUT2D eigenvalue weighted by Crippen LogP contribution is 2.43. The van der Waals surface area contributed by atoms with Crippen molar-refractivity contribution in [1.82, 2.24) is 10.1 Å². The van der Waals surface area contributed by atoms with E-state index in [-0.39, 0.29) is 24.2 Å². The lowest BCUT2D eigenvalue weighted by Gasteiger charge is -2.35. The minimum absolute atomic E-state index is 0.0161. The summed E-state index contributed by atoms with van der Waals surface area (Å²) in [5.41, 5.74) is -0.525. The number of nitrogens with zero attached hydrogens (tertiary/aromatic N) is 4. The van der Waals surface area contributed by atoms with Crippen molar-refractivity contribution in [3.8, 4) is 0 Å². The maximum Gasteiger partial charge on any atom is 0.434 e. The van der Waals surface area contributed by atoms with Crippen LogP contribution in [0.5, 0.6) is 0 Å². The van der Waals surface area contributed by atoms with Gasteiger partial charge >= 0.3 is 6.09 Å². The van der Waals surface area contributed by atoms with Crippen molar-refractivity contribution < 1.29 is 14.4 Å². The van der Waals surface area contributed by atoms with E-state index in [4.69, 9.17) is 9.57 Å². The van der Waals surface area contributed by atoms with Crippen molar-refractivity contribution in [2.24, 2.45) is 10.3 Å². The van der Waals surface area contributed by atoms with Crippen LogP contribution < -0.4 is 0 Å². The molecule has 3 aliphatic rings. The summed E-state index contributed by atoms with van der Waals surface area (Å²) in [6, 6.07) is 0.147. The van der Waals surface area contributed by atoms with Gasteiger partial charge < -0.3 is 4.74 Å². The molecule has 25 heavy (non-hydrogen) atoms. The van der Waals surface area contributed by atoms with Crippen molar-refractivity contribution in [3.63, 3.8) is 0 Å². The van der Waals surface area contributed by atoms with Crippen LogP contribution >= 0.6 is 0 Å². The van der Waals surface area contributed by atoms with E-state index in [0.29, 0.717) is 0 Å². The van der Waals surface area contributed by atoms with Crippen molar-refractivity contribution in [1.29, 1.82) is 0 Å². The zero-order chi connectivity index (χ0) is 18.0. The second-order valence-electron chi connectivity index (χ2n) is 8.37. The fourth-order valence-electron chi connectivity index (χ4n) is 3.96. The molecule has 2 aliphatic heterocycles. The zero-order valence-corrected chi connectivity index (χ0v) is 16.0. The average molecular weight is 352 g/mol. The Labute approximate surface area is 150 Å². The van der Waals surface area contributed by atoms with E-state index >= 15 is 0 Å². The van der Waals surface area contributed by atoms with E-state index in [0.717, 1.165) is 19.4 Å². The zero-order valence-electron chi connectivity index (χ0n) is 16.0. The summed E-state index contributed by atoms with van der Waals surface area (Å²) < 4.78 is 5.44. The second-order valence-corrected chi connectivity index (χ2v) is 8.37. The minimum Gasteiger partial charge on any atom is -0.442 e. The summed E-state index contributed by atoms with van der Waals surface area (Å²) in [6.45, 7) is 8.74. The van der Waals surface area contributed by atoms with Gasteiger partial charge in [0.05, 0.1) is 6.04 Å². The van der Waals surface area contributed by atoms with Gasteiger partial charge in [-0.1, -0.05) is 44.3 Å². The highest BCUT2D eigenvalue weighted by molar-refractivity contribution is 5.68. The van der Waals surface area contributed by atoms with Crippen LogP contribution in [0.25, 0.3) is 0 Å². The van der Waals surface area contributed by atoms with Gasteiger partial charge in [-0.15, -0.1) is 0 Å². The van der Waals surface area contributed by atoms with E-state index in [2.05, 4.69) is 22.3 Å². The molecule has 1 saturated carbocycles. The number of amides is 1. The Morgan fingerprint density at radius 1 is 1.20 bits per heavy atom. The van der Waals surface area contributed by atoms with E-state index in [1.807, 2.05) is 20.8 Å². The molecule has 3 rings (SSSR count). The van der Waals surface area contributed by atoms with Gasteiger partial charge in [-0.2, -0.15) is 10.2 Å². The van der Waals surface area contributed by atoms with Crippen LogP contribution in [0.15, 0.2) is 10.3 Å². The quantitative estimate of drug-likeness (QED) is 0.647. The molecule has 1 aliphatic carbocycles. The third kappa shape index (κ3) is 4.07. The van der Waals surface area contributed by atoms with Crippen LogP contribution in [0, 0.1) is 0 Å². The number of hydrogen-bond acceptors (Lipinski definition) is 6. The third-order valence-corrected chi connectivity index (χ3v) is 5.11. The van der Waals surface area contributed by atoms with Crippen LogP contribution in [0.3, 0.4) is 0 Å². The number of carbonyl (C=O) groups excluding carboxylic acids is 1. The van der Waals surface area contributed by atoms with Gasteiger partial charge in [-0.3, -0.25) is 9.85 Å². The molecule has 0 unspecified atom stereocenters. The van der Waals surface area contributed by atoms with Gasteiger partial charge in [0, 0.05) is 13.0 Å². The van der Waals surface area contributed by atoms with Crippen LogP contribution in [-0.4, -0.2) is 52.5 Å². The van der Waals surface area contributed by atoms with Crippen LogP contribution in [0.1, 0.15) is 72.6 Å². The largest absolute Gasteiger partial charge is 0.442 e. The molecule has 2 bridgehead atoms. The molecule has 142 valence electrons. The van der Waals surface area contributed by atoms with E-state index in [9.17, 15) is 4.79 Å². The number of hydrogen-bond donors (Lipinski definition) is 0. The molecule has 0 aromatic rings. The molecule has 7 nitrogen and oxygen atoms in total. The summed E-state index contributed by atoms with van der Waals surface area (Å²) in [7, 11) is 0. The molecule has 1 saturated heterocycles. The molecule has 2 fully saturated rings. The Bertz CT molecular complexity index is 505. The van der Waals surface area contributed by atoms with Crippen molar-refractivity contribution in [2.45, 2.75) is 102 Å². The van der Waals surface area contributed by atoms with Gasteiger partial charge in [0.15, 0.2) is 0 Å². The SMILES string of the molecule is CCCCCCCCN1N=N[C@@H]2[C@H]1[C@@H]1C[C@H]2N(C(=O)OC(C)(C)C)O1. The van der Waals surface area contributed by atoms with Crippen molar-refractivity contribution in [3.05, 3.63) is 0 Å². The summed E-state index contributed by atoms with van der Waals surface area (Å²) in [5.74, 6) is 0. The molecule has 0 aromatic heterocycles. The number of unbranched alkanes of at least 4 members (excludes halogenated alkanes) is 5. The lowest BCUT2D eigenvalue weighted by Crippen LogP contribution is -2.53. The molecule has 0 aromatic carbocycles. The Kier molecular flexibility index (Phi) is 5.51. The summed E-state index contributed by atoms with van der Waals surface area (Å²) in [5, 5.41) is 12.3. The number of fused-ring (bicyclic) bond motifs is 5.